The third-order valence-electron chi connectivity index (χ3n) is 2.12. The van der Waals surface area contributed by atoms with Gasteiger partial charge in [-0.15, -0.1) is 0 Å². The fourth-order valence-electron chi connectivity index (χ4n) is 1.50. The summed E-state index contributed by atoms with van der Waals surface area (Å²) in [7, 11) is 0. The Kier molecular flexibility index (Phi) is 1.34. The molecule has 0 saturated heterocycles. The first-order chi connectivity index (χ1) is 5.59. The van der Waals surface area contributed by atoms with E-state index < -0.39 is 0 Å². The van der Waals surface area contributed by atoms with Crippen molar-refractivity contribution in [1.82, 2.24) is 9.55 Å². The molecule has 0 aliphatic rings. The Labute approximate surface area is 72.2 Å². The van der Waals surface area contributed by atoms with Crippen LogP contribution in [0.3, 0.4) is 0 Å². The van der Waals surface area contributed by atoms with Crippen LogP contribution in [0.2, 0.25) is 0 Å². The van der Waals surface area contributed by atoms with Crippen LogP contribution in [-0.4, -0.2) is 9.55 Å². The minimum absolute atomic E-state index is 0.159. The standard InChI is InChI=1S/C10H14N2/c1-10(2,3)12-7-5-8-4-6-11-9(8)12/h4-7,11H,1-3H3. The number of hydrogen-bond donors (Lipinski definition) is 1. The summed E-state index contributed by atoms with van der Waals surface area (Å²) in [6, 6.07) is 4.23. The van der Waals surface area contributed by atoms with Gasteiger partial charge in [-0.2, -0.15) is 0 Å². The first-order valence-electron chi connectivity index (χ1n) is 4.24. The van der Waals surface area contributed by atoms with Crippen molar-refractivity contribution in [3.05, 3.63) is 24.5 Å². The van der Waals surface area contributed by atoms with Gasteiger partial charge in [-0.05, 0) is 32.9 Å². The molecule has 2 aromatic rings. The molecule has 0 bridgehead atoms. The lowest BCUT2D eigenvalue weighted by atomic mass is 10.1. The fourth-order valence-corrected chi connectivity index (χ4v) is 1.50. The number of nitrogens with one attached hydrogen (secondary N) is 1. The zero-order valence-corrected chi connectivity index (χ0v) is 7.76. The highest BCUT2D eigenvalue weighted by atomic mass is 15.1. The molecule has 2 heteroatoms. The average Bonchev–Trinajstić information content (AvgIpc) is 2.37. The van der Waals surface area contributed by atoms with Crippen LogP contribution < -0.4 is 0 Å². The Balaban J connectivity index is 2.69. The van der Waals surface area contributed by atoms with Crippen LogP contribution in [0.25, 0.3) is 11.0 Å². The molecule has 0 fully saturated rings. The molecule has 0 aliphatic carbocycles. The second-order valence-electron chi connectivity index (χ2n) is 4.14. The highest BCUT2D eigenvalue weighted by Gasteiger charge is 2.14. The number of aromatic amines is 1. The van der Waals surface area contributed by atoms with Gasteiger partial charge in [0.25, 0.3) is 0 Å². The van der Waals surface area contributed by atoms with E-state index in [-0.39, 0.29) is 5.54 Å². The topological polar surface area (TPSA) is 20.7 Å². The van der Waals surface area contributed by atoms with Gasteiger partial charge in [-0.1, -0.05) is 0 Å². The highest BCUT2D eigenvalue weighted by Crippen LogP contribution is 2.22. The van der Waals surface area contributed by atoms with E-state index in [4.69, 9.17) is 0 Å². The molecule has 0 amide bonds. The summed E-state index contributed by atoms with van der Waals surface area (Å²) in [4.78, 5) is 3.24. The fraction of sp³-hybridized carbons (Fsp3) is 0.400. The van der Waals surface area contributed by atoms with E-state index in [1.54, 1.807) is 0 Å². The summed E-state index contributed by atoms with van der Waals surface area (Å²) >= 11 is 0. The van der Waals surface area contributed by atoms with E-state index in [9.17, 15) is 0 Å². The summed E-state index contributed by atoms with van der Waals surface area (Å²) in [6.07, 6.45) is 4.11. The minimum Gasteiger partial charge on any atom is -0.348 e. The van der Waals surface area contributed by atoms with Gasteiger partial charge in [0.2, 0.25) is 0 Å². The lowest BCUT2D eigenvalue weighted by molar-refractivity contribution is 0.409. The van der Waals surface area contributed by atoms with Crippen LogP contribution in [0.5, 0.6) is 0 Å². The number of aromatic nitrogens is 2. The predicted octanol–water partition coefficient (Wildman–Crippen LogP) is 2.72. The molecule has 0 aliphatic heterocycles. The van der Waals surface area contributed by atoms with Gasteiger partial charge in [0.1, 0.15) is 5.65 Å². The Morgan fingerprint density at radius 2 is 2.00 bits per heavy atom. The van der Waals surface area contributed by atoms with Crippen molar-refractivity contribution in [2.75, 3.05) is 0 Å². The van der Waals surface area contributed by atoms with Crippen molar-refractivity contribution in [3.63, 3.8) is 0 Å². The summed E-state index contributed by atoms with van der Waals surface area (Å²) in [6.45, 7) is 6.60. The van der Waals surface area contributed by atoms with Gasteiger partial charge in [0, 0.05) is 23.3 Å². The first-order valence-corrected chi connectivity index (χ1v) is 4.24. The van der Waals surface area contributed by atoms with Crippen molar-refractivity contribution in [2.45, 2.75) is 26.3 Å². The van der Waals surface area contributed by atoms with E-state index in [1.807, 2.05) is 6.20 Å². The van der Waals surface area contributed by atoms with Gasteiger partial charge in [-0.3, -0.25) is 0 Å². The number of H-pyrrole nitrogens is 1. The van der Waals surface area contributed by atoms with E-state index in [2.05, 4.69) is 48.7 Å². The van der Waals surface area contributed by atoms with Crippen LogP contribution in [0.15, 0.2) is 24.5 Å². The monoisotopic (exact) mass is 162 g/mol. The Hall–Kier alpha value is -1.18. The smallest absolute Gasteiger partial charge is 0.117 e. The third kappa shape index (κ3) is 0.951. The molecule has 64 valence electrons. The molecule has 2 heterocycles. The van der Waals surface area contributed by atoms with E-state index >= 15 is 0 Å². The molecule has 0 atom stereocenters. The third-order valence-corrected chi connectivity index (χ3v) is 2.12. The van der Waals surface area contributed by atoms with Crippen molar-refractivity contribution >= 4 is 11.0 Å². The van der Waals surface area contributed by atoms with Gasteiger partial charge >= 0.3 is 0 Å². The molecule has 2 nitrogen and oxygen atoms in total. The summed E-state index contributed by atoms with van der Waals surface area (Å²) in [5, 5.41) is 1.28. The van der Waals surface area contributed by atoms with Gasteiger partial charge < -0.3 is 9.55 Å². The lowest BCUT2D eigenvalue weighted by Crippen LogP contribution is -2.20. The van der Waals surface area contributed by atoms with Crippen molar-refractivity contribution < 1.29 is 0 Å². The average molecular weight is 162 g/mol. The van der Waals surface area contributed by atoms with Gasteiger partial charge in [0.15, 0.2) is 0 Å². The zero-order chi connectivity index (χ0) is 8.77. The number of nitrogens with zero attached hydrogens (tertiary/aromatic N) is 1. The van der Waals surface area contributed by atoms with Crippen molar-refractivity contribution in [2.24, 2.45) is 0 Å². The summed E-state index contributed by atoms with van der Waals surface area (Å²) < 4.78 is 2.25. The lowest BCUT2D eigenvalue weighted by Gasteiger charge is -2.21. The van der Waals surface area contributed by atoms with Gasteiger partial charge in [0.05, 0.1) is 0 Å². The molecular weight excluding hydrogens is 148 g/mol. The SMILES string of the molecule is CC(C)(C)n1ccc2cc[nH]c21. The second kappa shape index (κ2) is 2.16. The maximum absolute atomic E-state index is 3.24. The quantitative estimate of drug-likeness (QED) is 0.615. The molecular formula is C10H14N2. The van der Waals surface area contributed by atoms with E-state index in [0.29, 0.717) is 0 Å². The van der Waals surface area contributed by atoms with Crippen molar-refractivity contribution in [3.8, 4) is 0 Å². The van der Waals surface area contributed by atoms with Crippen LogP contribution >= 0.6 is 0 Å². The minimum atomic E-state index is 0.159. The maximum atomic E-state index is 3.24. The zero-order valence-electron chi connectivity index (χ0n) is 7.76. The van der Waals surface area contributed by atoms with Crippen LogP contribution in [0.4, 0.5) is 0 Å². The largest absolute Gasteiger partial charge is 0.348 e. The number of hydrogen-bond acceptors (Lipinski definition) is 0. The van der Waals surface area contributed by atoms with Crippen LogP contribution in [0.1, 0.15) is 20.8 Å². The molecule has 2 rings (SSSR count). The molecule has 1 N–H and O–H groups in total. The maximum Gasteiger partial charge on any atom is 0.117 e. The van der Waals surface area contributed by atoms with Crippen LogP contribution in [-0.2, 0) is 5.54 Å². The Bertz CT molecular complexity index is 387. The van der Waals surface area contributed by atoms with E-state index in [1.165, 1.54) is 11.0 Å². The molecule has 0 aromatic carbocycles. The molecule has 2 aromatic heterocycles. The molecule has 0 spiro atoms. The van der Waals surface area contributed by atoms with Crippen LogP contribution in [0, 0.1) is 0 Å². The molecule has 0 radical (unpaired) electrons. The summed E-state index contributed by atoms with van der Waals surface area (Å²) in [5.41, 5.74) is 1.37. The Morgan fingerprint density at radius 1 is 1.25 bits per heavy atom. The summed E-state index contributed by atoms with van der Waals surface area (Å²) in [5.74, 6) is 0. The van der Waals surface area contributed by atoms with E-state index in [0.717, 1.165) is 0 Å². The highest BCUT2D eigenvalue weighted by molar-refractivity contribution is 5.77. The van der Waals surface area contributed by atoms with Crippen molar-refractivity contribution in [1.29, 1.82) is 0 Å². The number of fused-ring (bicyclic) bond motifs is 1. The Morgan fingerprint density at radius 3 is 2.67 bits per heavy atom. The molecule has 12 heavy (non-hydrogen) atoms. The molecule has 0 unspecified atom stereocenters. The normalized spacial score (nSPS) is 12.6. The second-order valence-corrected chi connectivity index (χ2v) is 4.14. The first kappa shape index (κ1) is 7.47. The number of rotatable bonds is 0. The predicted molar refractivity (Wildman–Crippen MR) is 51.3 cm³/mol. The van der Waals surface area contributed by atoms with Gasteiger partial charge in [-0.25, -0.2) is 0 Å². The molecule has 0 saturated carbocycles.